The molecule has 2 heterocycles. The SMILES string of the molecule is Cc1ccccc1Nc1nc2[nH]ncc2c(=O)n1N. The van der Waals surface area contributed by atoms with Gasteiger partial charge >= 0.3 is 0 Å². The highest BCUT2D eigenvalue weighted by Crippen LogP contribution is 2.18. The number of aromatic nitrogens is 4. The van der Waals surface area contributed by atoms with E-state index in [0.717, 1.165) is 15.9 Å². The number of hydrogen-bond donors (Lipinski definition) is 3. The molecule has 0 radical (unpaired) electrons. The smallest absolute Gasteiger partial charge is 0.284 e. The molecule has 2 aromatic heterocycles. The van der Waals surface area contributed by atoms with E-state index >= 15 is 0 Å². The van der Waals surface area contributed by atoms with Crippen molar-refractivity contribution >= 4 is 22.7 Å². The average Bonchev–Trinajstić information content (AvgIpc) is 2.86. The molecule has 0 bridgehead atoms. The maximum Gasteiger partial charge on any atom is 0.284 e. The van der Waals surface area contributed by atoms with E-state index in [4.69, 9.17) is 5.84 Å². The van der Waals surface area contributed by atoms with Crippen molar-refractivity contribution in [1.29, 1.82) is 0 Å². The van der Waals surface area contributed by atoms with Gasteiger partial charge in [0.1, 0.15) is 5.39 Å². The highest BCUT2D eigenvalue weighted by Gasteiger charge is 2.10. The molecule has 0 aliphatic heterocycles. The number of anilines is 2. The second kappa shape index (κ2) is 4.13. The van der Waals surface area contributed by atoms with Crippen LogP contribution in [-0.4, -0.2) is 19.9 Å². The number of hydrogen-bond acceptors (Lipinski definition) is 5. The van der Waals surface area contributed by atoms with E-state index in [1.165, 1.54) is 6.20 Å². The van der Waals surface area contributed by atoms with Gasteiger partial charge in [-0.1, -0.05) is 18.2 Å². The Bertz CT molecular complexity index is 803. The van der Waals surface area contributed by atoms with Crippen LogP contribution in [0.1, 0.15) is 5.56 Å². The summed E-state index contributed by atoms with van der Waals surface area (Å²) in [7, 11) is 0. The van der Waals surface area contributed by atoms with E-state index in [0.29, 0.717) is 11.0 Å². The Kier molecular flexibility index (Phi) is 2.45. The molecule has 96 valence electrons. The van der Waals surface area contributed by atoms with E-state index in [1.54, 1.807) is 0 Å². The molecule has 7 heteroatoms. The quantitative estimate of drug-likeness (QED) is 0.591. The molecule has 4 N–H and O–H groups in total. The van der Waals surface area contributed by atoms with Crippen molar-refractivity contribution in [2.45, 2.75) is 6.92 Å². The Hall–Kier alpha value is -2.83. The number of nitrogens with two attached hydrogens (primary N) is 1. The van der Waals surface area contributed by atoms with Gasteiger partial charge in [0.15, 0.2) is 5.65 Å². The lowest BCUT2D eigenvalue weighted by Crippen LogP contribution is -2.30. The summed E-state index contributed by atoms with van der Waals surface area (Å²) < 4.78 is 0.976. The normalized spacial score (nSPS) is 10.8. The van der Waals surface area contributed by atoms with Crippen LogP contribution >= 0.6 is 0 Å². The highest BCUT2D eigenvalue weighted by molar-refractivity contribution is 5.74. The summed E-state index contributed by atoms with van der Waals surface area (Å²) in [6.45, 7) is 1.95. The molecule has 0 saturated heterocycles. The fourth-order valence-electron chi connectivity index (χ4n) is 1.83. The van der Waals surface area contributed by atoms with Crippen molar-refractivity contribution in [3.8, 4) is 0 Å². The molecule has 19 heavy (non-hydrogen) atoms. The second-order valence-electron chi connectivity index (χ2n) is 4.18. The first-order chi connectivity index (χ1) is 9.16. The first-order valence-corrected chi connectivity index (χ1v) is 5.70. The van der Waals surface area contributed by atoms with Gasteiger partial charge in [-0.2, -0.15) is 14.8 Å². The topological polar surface area (TPSA) is 102 Å². The number of rotatable bonds is 2. The number of nitrogens with zero attached hydrogens (tertiary/aromatic N) is 3. The van der Waals surface area contributed by atoms with Crippen molar-refractivity contribution in [2.24, 2.45) is 0 Å². The minimum Gasteiger partial charge on any atom is -0.333 e. The molecule has 0 saturated carbocycles. The van der Waals surface area contributed by atoms with E-state index in [9.17, 15) is 4.79 Å². The molecule has 3 rings (SSSR count). The van der Waals surface area contributed by atoms with Crippen molar-refractivity contribution in [3.63, 3.8) is 0 Å². The summed E-state index contributed by atoms with van der Waals surface area (Å²) in [5, 5.41) is 9.84. The Morgan fingerprint density at radius 1 is 1.37 bits per heavy atom. The van der Waals surface area contributed by atoms with Crippen molar-refractivity contribution in [2.75, 3.05) is 11.2 Å². The zero-order valence-corrected chi connectivity index (χ0v) is 10.2. The van der Waals surface area contributed by atoms with Gasteiger partial charge in [0, 0.05) is 5.69 Å². The van der Waals surface area contributed by atoms with Crippen LogP contribution in [-0.2, 0) is 0 Å². The van der Waals surface area contributed by atoms with Gasteiger partial charge in [-0.3, -0.25) is 9.89 Å². The van der Waals surface area contributed by atoms with Crippen LogP contribution in [0.25, 0.3) is 11.0 Å². The summed E-state index contributed by atoms with van der Waals surface area (Å²) in [6, 6.07) is 7.67. The van der Waals surface area contributed by atoms with Gasteiger partial charge in [0.05, 0.1) is 6.20 Å². The maximum absolute atomic E-state index is 12.0. The zero-order chi connectivity index (χ0) is 13.4. The molecule has 0 aliphatic carbocycles. The number of aromatic amines is 1. The van der Waals surface area contributed by atoms with Gasteiger partial charge in [-0.15, -0.1) is 0 Å². The summed E-state index contributed by atoms with van der Waals surface area (Å²) in [5.41, 5.74) is 1.92. The predicted molar refractivity (Wildman–Crippen MR) is 72.8 cm³/mol. The number of H-pyrrole nitrogens is 1. The summed E-state index contributed by atoms with van der Waals surface area (Å²) >= 11 is 0. The lowest BCUT2D eigenvalue weighted by atomic mass is 10.2. The van der Waals surface area contributed by atoms with Crippen LogP contribution in [0.2, 0.25) is 0 Å². The van der Waals surface area contributed by atoms with Crippen molar-refractivity contribution in [3.05, 3.63) is 46.4 Å². The number of nitrogen functional groups attached to an aromatic ring is 1. The largest absolute Gasteiger partial charge is 0.333 e. The molecular formula is C12H12N6O. The third-order valence-corrected chi connectivity index (χ3v) is 2.91. The first-order valence-electron chi connectivity index (χ1n) is 5.70. The van der Waals surface area contributed by atoms with E-state index < -0.39 is 0 Å². The lowest BCUT2D eigenvalue weighted by Gasteiger charge is -2.11. The molecule has 0 fully saturated rings. The predicted octanol–water partition coefficient (Wildman–Crippen LogP) is 0.885. The summed E-state index contributed by atoms with van der Waals surface area (Å²) in [4.78, 5) is 16.2. The van der Waals surface area contributed by atoms with Crippen LogP contribution in [0.5, 0.6) is 0 Å². The van der Waals surface area contributed by atoms with Gasteiger partial charge in [-0.25, -0.2) is 0 Å². The lowest BCUT2D eigenvalue weighted by molar-refractivity contribution is 0.923. The van der Waals surface area contributed by atoms with Crippen LogP contribution < -0.4 is 16.7 Å². The molecular weight excluding hydrogens is 244 g/mol. The molecule has 7 nitrogen and oxygen atoms in total. The summed E-state index contributed by atoms with van der Waals surface area (Å²) in [5.74, 6) is 6.00. The number of para-hydroxylation sites is 1. The van der Waals surface area contributed by atoms with Crippen molar-refractivity contribution in [1.82, 2.24) is 19.9 Å². The number of fused-ring (bicyclic) bond motifs is 1. The average molecular weight is 256 g/mol. The minimum absolute atomic E-state index is 0.260. The van der Waals surface area contributed by atoms with Gasteiger partial charge in [0.25, 0.3) is 5.56 Å². The van der Waals surface area contributed by atoms with Gasteiger partial charge < -0.3 is 11.2 Å². The fraction of sp³-hybridized carbons (Fsp3) is 0.0833. The minimum atomic E-state index is -0.352. The molecule has 0 amide bonds. The number of nitrogens with one attached hydrogen (secondary N) is 2. The summed E-state index contributed by atoms with van der Waals surface area (Å²) in [6.07, 6.45) is 1.41. The monoisotopic (exact) mass is 256 g/mol. The van der Waals surface area contributed by atoms with Crippen LogP contribution in [0.3, 0.4) is 0 Å². The Balaban J connectivity index is 2.13. The van der Waals surface area contributed by atoms with E-state index in [1.807, 2.05) is 31.2 Å². The second-order valence-corrected chi connectivity index (χ2v) is 4.18. The van der Waals surface area contributed by atoms with Gasteiger partial charge in [-0.05, 0) is 18.6 Å². The highest BCUT2D eigenvalue weighted by atomic mass is 16.1. The van der Waals surface area contributed by atoms with Gasteiger partial charge in [0.2, 0.25) is 5.95 Å². The molecule has 0 aliphatic rings. The van der Waals surface area contributed by atoms with Crippen LogP contribution in [0, 0.1) is 6.92 Å². The molecule has 0 atom stereocenters. The zero-order valence-electron chi connectivity index (χ0n) is 10.2. The molecule has 3 aromatic rings. The third kappa shape index (κ3) is 1.81. The first kappa shape index (κ1) is 11.3. The van der Waals surface area contributed by atoms with Crippen LogP contribution in [0.15, 0.2) is 35.3 Å². The number of aryl methyl sites for hydroxylation is 1. The molecule has 1 aromatic carbocycles. The Morgan fingerprint density at radius 2 is 2.16 bits per heavy atom. The standard InChI is InChI=1S/C12H12N6O/c1-7-4-2-3-5-9(7)15-12-16-10-8(6-14-17-10)11(19)18(12)13/h2-6H,13H2,1H3,(H2,14,15,16,17). The Morgan fingerprint density at radius 3 is 2.95 bits per heavy atom. The van der Waals surface area contributed by atoms with E-state index in [2.05, 4.69) is 20.5 Å². The number of benzene rings is 1. The van der Waals surface area contributed by atoms with Crippen molar-refractivity contribution < 1.29 is 0 Å². The van der Waals surface area contributed by atoms with Crippen LogP contribution in [0.4, 0.5) is 11.6 Å². The maximum atomic E-state index is 12.0. The molecule has 0 unspecified atom stereocenters. The Labute approximate surface area is 108 Å². The van der Waals surface area contributed by atoms with E-state index in [-0.39, 0.29) is 11.5 Å². The third-order valence-electron chi connectivity index (χ3n) is 2.91. The fourth-order valence-corrected chi connectivity index (χ4v) is 1.83. The molecule has 0 spiro atoms.